The number of aliphatic imine (C=N–C) groups is 1. The van der Waals surface area contributed by atoms with Crippen molar-refractivity contribution >= 4 is 243 Å². The van der Waals surface area contributed by atoms with E-state index in [0.717, 1.165) is 65.5 Å². The molecule has 2 aromatic heterocycles. The third-order valence-corrected chi connectivity index (χ3v) is 20.7. The summed E-state index contributed by atoms with van der Waals surface area (Å²) in [5, 5.41) is 104. The van der Waals surface area contributed by atoms with Crippen molar-refractivity contribution in [1.82, 2.24) is 20.4 Å². The Morgan fingerprint density at radius 2 is 0.915 bits per heavy atom. The zero-order chi connectivity index (χ0) is 99.2. The Balaban J connectivity index is 0. The number of nitrogens with zero attached hydrogens (tertiary/aromatic N) is 13. The van der Waals surface area contributed by atoms with Crippen LogP contribution in [-0.2, 0) is 43.1 Å². The van der Waals surface area contributed by atoms with Gasteiger partial charge in [-0.1, -0.05) is 248 Å². The molecular formula is C84H85Cl16KN16O13. The normalized spacial score (nSPS) is 11.6. The number of nitriles is 4. The van der Waals surface area contributed by atoms with Crippen molar-refractivity contribution in [3.63, 3.8) is 0 Å². The first-order chi connectivity index (χ1) is 60.2. The van der Waals surface area contributed by atoms with E-state index in [1.54, 1.807) is 89.2 Å². The van der Waals surface area contributed by atoms with Crippen molar-refractivity contribution in [2.24, 2.45) is 10.9 Å². The quantitative estimate of drug-likeness (QED) is 0.0133. The number of nitrogens with two attached hydrogens (primary N) is 3. The summed E-state index contributed by atoms with van der Waals surface area (Å²) in [5.74, 6) is -1.98. The molecule has 10 rings (SSSR count). The number of carbonyl (C=O) groups is 3. The minimum absolute atomic E-state index is 0. The summed E-state index contributed by atoms with van der Waals surface area (Å²) in [7, 11) is 0. The van der Waals surface area contributed by atoms with Gasteiger partial charge in [0.15, 0.2) is 27.0 Å². The first-order valence-electron chi connectivity index (χ1n) is 37.3. The van der Waals surface area contributed by atoms with Crippen LogP contribution in [-0.4, -0.2) is 109 Å². The summed E-state index contributed by atoms with van der Waals surface area (Å²) in [6.45, 7) is 30.4. The predicted molar refractivity (Wildman–Crippen MR) is 514 cm³/mol. The number of esters is 1. The molecule has 0 bridgehead atoms. The number of hydrogen-bond donors (Lipinski definition) is 4. The van der Waals surface area contributed by atoms with Crippen LogP contribution in [0.5, 0.6) is 0 Å². The van der Waals surface area contributed by atoms with Crippen LogP contribution in [0.4, 0.5) is 34.1 Å². The number of anilines is 3. The van der Waals surface area contributed by atoms with Crippen molar-refractivity contribution in [3.8, 4) is 24.3 Å². The average Bonchev–Trinajstić information content (AvgIpc) is 0.852. The molecule has 7 N–H and O–H groups in total. The maximum atomic E-state index is 11.8. The number of nitrogen functional groups attached to an aromatic ring is 3. The van der Waals surface area contributed by atoms with E-state index in [0.29, 0.717) is 104 Å². The average molecular weight is 2130 g/mol. The van der Waals surface area contributed by atoms with E-state index < -0.39 is 44.0 Å². The van der Waals surface area contributed by atoms with Gasteiger partial charge in [0.1, 0.15) is 18.4 Å². The molecule has 0 amide bonds. The maximum Gasteiger partial charge on any atom is 1.00 e. The van der Waals surface area contributed by atoms with Crippen LogP contribution in [0.15, 0.2) is 102 Å². The molecule has 2 aliphatic heterocycles. The molecule has 0 saturated carbocycles. The standard InChI is InChI=1S/C15H13Cl3N4.C15H16Cl2N2O.C10H6Cl2N2O3.C8H4Cl2N2O2.C8H6Cl2N2.C7H8Cl2N2.C6H2Cl3NO2.C5H7NO2.C4H8O.C4H9O.C2H6O.K/c1-7(2)9-5-13(21-22-15(9)18)10(6-19)14-11(16)3-8(20)4-12(14)17;1-8(2)11-5-10(19-7-15(11)20)6-12-13(16)3-9(18)4-14(12)17;1-5(15)7(4-13)10-8(11)2-6(14(16)17)3-9(10)12;9-7-3-5(12(13)14)4-8(10)6(7)1-2-11;9-7-3-5(12)4-8(10)6(7)1-2-11;1-4(2)5-3-6(8)10-11-7(5)9;7-4-1-3(10(11)12)2-5(8)6(4)9;1-3-8-5(7)4-6-2;1-2-4-5-3-1;1-4(2,3)5;1-2-3;/h3-5,7,10H,20H2,1-2H3;3-5,8H,6-7,18H2,1-2H3;2-3,7H,1H3;3-4H,1H2;3-4H,1,12H2;3-4H,1-2H3;1-2H;3-4H2,1H3;1-4H2;1-3H3;3H,2H2,1H3;/q;;;;;;;;;-1;;+1. The van der Waals surface area contributed by atoms with E-state index >= 15 is 0 Å². The van der Waals surface area contributed by atoms with Crippen LogP contribution < -0.4 is 73.7 Å². The molecule has 6 aromatic carbocycles. The van der Waals surface area contributed by atoms with Gasteiger partial charge in [0.25, 0.3) is 17.1 Å². The zero-order valence-corrected chi connectivity index (χ0v) is 87.0. The number of carbonyl (C=O) groups excluding carboxylic acids is 3. The summed E-state index contributed by atoms with van der Waals surface area (Å²) >= 11 is 93.5. The number of rotatable bonds is 16. The van der Waals surface area contributed by atoms with Gasteiger partial charge in [-0.3, -0.25) is 44.9 Å². The smallest absolute Gasteiger partial charge is 0.850 e. The number of dihydropyridines is 1. The molecule has 0 spiro atoms. The fourth-order valence-electron chi connectivity index (χ4n) is 9.57. The van der Waals surface area contributed by atoms with Gasteiger partial charge in [0.05, 0.1) is 99.3 Å². The van der Waals surface area contributed by atoms with Gasteiger partial charge in [0.2, 0.25) is 0 Å². The summed E-state index contributed by atoms with van der Waals surface area (Å²) in [5.41, 5.74) is 23.2. The fraction of sp³-hybridized carbons (Fsp3) is 0.345. The second-order valence-corrected chi connectivity index (χ2v) is 34.1. The summed E-state index contributed by atoms with van der Waals surface area (Å²) in [6.07, 6.45) is 5.15. The number of Topliss-reactive ketones (excluding diaryl/α,β-unsaturated/α-hetero) is 2. The van der Waals surface area contributed by atoms with E-state index in [1.165, 1.54) is 31.9 Å². The Labute approximate surface area is 875 Å². The van der Waals surface area contributed by atoms with Crippen molar-refractivity contribution < 1.29 is 100 Å². The van der Waals surface area contributed by atoms with Crippen molar-refractivity contribution in [1.29, 1.82) is 21.0 Å². The number of aliphatic hydroxyl groups is 1. The Kier molecular flexibility index (Phi) is 62.2. The number of nitro groups is 3. The SMILES string of the molecule is C1CCOC1.CC(=O)C(C#N)c1c(Cl)cc([N+](=O)[O-])cc1Cl.CC(C)(C)[O-].CC(C)C1=CC(Cc2c(Cl)cc(N)cc2Cl)=NCC1=O.CC(C)c1cc(C(C#N)c2c(Cl)cc(N)cc2Cl)nnc1Cl.CC(C)c1cc(Cl)nnc1Cl.CCO.N#CCc1c(Cl)cc(N)cc1Cl.N#CCc1c(Cl)cc([N+](=O)[O-])cc1Cl.O=[N+]([O-])c1cc(Cl)c(Cl)c(Cl)c1.[C-]#[N+]CC(=O)OCC.[K+]. The van der Waals surface area contributed by atoms with Crippen LogP contribution >= 0.6 is 186 Å². The molecule has 8 aromatic rings. The number of ketones is 2. The molecule has 1 fully saturated rings. The maximum absolute atomic E-state index is 11.8. The van der Waals surface area contributed by atoms with Crippen LogP contribution in [0.2, 0.25) is 80.8 Å². The number of nitro benzene ring substituents is 3. The van der Waals surface area contributed by atoms with E-state index in [9.17, 15) is 55.1 Å². The number of aromatic nitrogens is 4. The van der Waals surface area contributed by atoms with Gasteiger partial charge >= 0.3 is 63.9 Å². The Morgan fingerprint density at radius 3 is 1.24 bits per heavy atom. The van der Waals surface area contributed by atoms with Crippen molar-refractivity contribution in [2.75, 3.05) is 56.7 Å². The van der Waals surface area contributed by atoms with E-state index in [1.807, 2.05) is 59.8 Å². The molecule has 4 heterocycles. The van der Waals surface area contributed by atoms with Gasteiger partial charge in [-0.15, -0.1) is 20.9 Å². The third-order valence-electron chi connectivity index (χ3n) is 15.4. The zero-order valence-electron chi connectivity index (χ0n) is 71.8. The number of halogens is 16. The first kappa shape index (κ1) is 125. The van der Waals surface area contributed by atoms with E-state index in [4.69, 9.17) is 235 Å². The molecule has 2 unspecified atom stereocenters. The first-order valence-corrected chi connectivity index (χ1v) is 43.4. The Morgan fingerprint density at radius 1 is 0.562 bits per heavy atom. The van der Waals surface area contributed by atoms with E-state index in [-0.39, 0.29) is 159 Å². The van der Waals surface area contributed by atoms with Gasteiger partial charge in [-0.05, 0) is 123 Å². The van der Waals surface area contributed by atoms with E-state index in [2.05, 4.69) is 41.0 Å². The molecule has 130 heavy (non-hydrogen) atoms. The molecule has 46 heteroatoms. The monoisotopic (exact) mass is 2120 g/mol. The molecule has 692 valence electrons. The Bertz CT molecular complexity index is 5350. The number of ether oxygens (including phenoxy) is 2. The fourth-order valence-corrected chi connectivity index (χ4v) is 14.2. The number of benzene rings is 6. The minimum Gasteiger partial charge on any atom is -0.850 e. The predicted octanol–water partition coefficient (Wildman–Crippen LogP) is 22.1. The second kappa shape index (κ2) is 64.7. The second-order valence-electron chi connectivity index (χ2n) is 27.7. The largest absolute Gasteiger partial charge is 1.00 e. The molecule has 0 radical (unpaired) electrons. The van der Waals surface area contributed by atoms with Crippen LogP contribution in [0.25, 0.3) is 4.85 Å². The number of non-ortho nitro benzene ring substituents is 3. The van der Waals surface area contributed by atoms with Crippen molar-refractivity contribution in [3.05, 3.63) is 264 Å². The minimum atomic E-state index is -1.11. The molecule has 0 aliphatic carbocycles. The molecule has 2 atom stereocenters. The van der Waals surface area contributed by atoms with Crippen LogP contribution in [0.3, 0.4) is 0 Å². The number of allylic oxidation sites excluding steroid dienone is 1. The molecule has 29 nitrogen and oxygen atoms in total. The topological polar surface area (TPSA) is 484 Å². The van der Waals surface area contributed by atoms with Gasteiger partial charge in [0, 0.05) is 143 Å². The Hall–Kier alpha value is -7.09. The molecule has 2 aliphatic rings. The van der Waals surface area contributed by atoms with Gasteiger partial charge in [-0.25, -0.2) is 11.4 Å². The van der Waals surface area contributed by atoms with Crippen molar-refractivity contribution in [2.45, 2.75) is 144 Å². The summed E-state index contributed by atoms with van der Waals surface area (Å²) < 4.78 is 9.37. The summed E-state index contributed by atoms with van der Waals surface area (Å²) in [4.78, 5) is 69.7. The van der Waals surface area contributed by atoms with Crippen LogP contribution in [0.1, 0.15) is 164 Å². The number of aliphatic hydroxyl groups excluding tert-OH is 1. The molecular weight excluding hydrogens is 2050 g/mol. The van der Waals surface area contributed by atoms with Gasteiger partial charge < -0.3 is 41.7 Å². The third kappa shape index (κ3) is 46.7. The number of hydrogen-bond acceptors (Lipinski definition) is 25. The van der Waals surface area contributed by atoms with Crippen LogP contribution in [0, 0.1) is 88.2 Å². The summed E-state index contributed by atoms with van der Waals surface area (Å²) in [6, 6.07) is 27.7. The molecule has 1 saturated heterocycles. The van der Waals surface area contributed by atoms with Gasteiger partial charge in [-0.2, -0.15) is 26.1 Å².